The van der Waals surface area contributed by atoms with E-state index in [2.05, 4.69) is 0 Å². The van der Waals surface area contributed by atoms with Gasteiger partial charge < -0.3 is 10.5 Å². The number of anilines is 1. The normalized spacial score (nSPS) is 10.4. The third-order valence-corrected chi connectivity index (χ3v) is 3.40. The van der Waals surface area contributed by atoms with Crippen LogP contribution >= 0.6 is 0 Å². The van der Waals surface area contributed by atoms with Gasteiger partial charge in [0, 0.05) is 11.1 Å². The van der Waals surface area contributed by atoms with Crippen LogP contribution < -0.4 is 10.5 Å². The van der Waals surface area contributed by atoms with Crippen molar-refractivity contribution in [2.24, 2.45) is 0 Å². The number of nitrogens with two attached hydrogens (primary N) is 1. The molecule has 104 valence electrons. The Labute approximate surface area is 119 Å². The largest absolute Gasteiger partial charge is 0.495 e. The number of methoxy groups -OCH3 is 1. The zero-order valence-electron chi connectivity index (χ0n) is 12.3. The maximum absolute atomic E-state index is 12.7. The van der Waals surface area contributed by atoms with Crippen molar-refractivity contribution in [3.8, 4) is 5.75 Å². The Bertz CT molecular complexity index is 652. The minimum absolute atomic E-state index is 0.00157. The van der Waals surface area contributed by atoms with Crippen LogP contribution in [0.1, 0.15) is 32.6 Å². The van der Waals surface area contributed by atoms with Crippen LogP contribution in [0.5, 0.6) is 5.75 Å². The minimum atomic E-state index is -0.00157. The average Bonchev–Trinajstić information content (AvgIpc) is 2.37. The molecule has 2 aromatic rings. The first kappa shape index (κ1) is 14.1. The third kappa shape index (κ3) is 2.52. The van der Waals surface area contributed by atoms with Crippen molar-refractivity contribution in [3.63, 3.8) is 0 Å². The molecule has 0 spiro atoms. The molecular weight excluding hydrogens is 250 g/mol. The Kier molecular flexibility index (Phi) is 3.79. The second kappa shape index (κ2) is 5.37. The Morgan fingerprint density at radius 1 is 1.05 bits per heavy atom. The lowest BCUT2D eigenvalue weighted by molar-refractivity contribution is 0.103. The number of rotatable bonds is 3. The summed E-state index contributed by atoms with van der Waals surface area (Å²) in [6, 6.07) is 9.17. The summed E-state index contributed by atoms with van der Waals surface area (Å²) >= 11 is 0. The zero-order valence-corrected chi connectivity index (χ0v) is 12.3. The number of ether oxygens (including phenoxy) is 1. The fourth-order valence-electron chi connectivity index (χ4n) is 2.53. The first-order valence-corrected chi connectivity index (χ1v) is 6.50. The summed E-state index contributed by atoms with van der Waals surface area (Å²) in [6.07, 6.45) is 0. The Morgan fingerprint density at radius 2 is 1.65 bits per heavy atom. The van der Waals surface area contributed by atoms with Gasteiger partial charge in [0.25, 0.3) is 0 Å². The van der Waals surface area contributed by atoms with Crippen LogP contribution in [-0.2, 0) is 0 Å². The molecule has 0 radical (unpaired) electrons. The van der Waals surface area contributed by atoms with Gasteiger partial charge in [-0.25, -0.2) is 0 Å². The fraction of sp³-hybridized carbons (Fsp3) is 0.235. The molecule has 0 unspecified atom stereocenters. The molecule has 0 aliphatic carbocycles. The highest BCUT2D eigenvalue weighted by Gasteiger charge is 2.16. The molecule has 2 rings (SSSR count). The van der Waals surface area contributed by atoms with E-state index < -0.39 is 0 Å². The molecule has 3 heteroatoms. The van der Waals surface area contributed by atoms with E-state index >= 15 is 0 Å². The summed E-state index contributed by atoms with van der Waals surface area (Å²) in [4.78, 5) is 12.7. The van der Waals surface area contributed by atoms with Gasteiger partial charge >= 0.3 is 0 Å². The smallest absolute Gasteiger partial charge is 0.193 e. The molecule has 0 amide bonds. The van der Waals surface area contributed by atoms with Crippen molar-refractivity contribution in [2.75, 3.05) is 12.8 Å². The molecule has 0 atom stereocenters. The van der Waals surface area contributed by atoms with E-state index in [1.165, 1.54) is 0 Å². The van der Waals surface area contributed by atoms with Crippen LogP contribution in [0.3, 0.4) is 0 Å². The van der Waals surface area contributed by atoms with Gasteiger partial charge in [-0.15, -0.1) is 0 Å². The van der Waals surface area contributed by atoms with Gasteiger partial charge in [0.15, 0.2) is 5.78 Å². The minimum Gasteiger partial charge on any atom is -0.495 e. The molecule has 0 aliphatic rings. The van der Waals surface area contributed by atoms with E-state index in [4.69, 9.17) is 10.5 Å². The van der Waals surface area contributed by atoms with Crippen molar-refractivity contribution in [1.82, 2.24) is 0 Å². The van der Waals surface area contributed by atoms with Gasteiger partial charge in [-0.05, 0) is 50.1 Å². The summed E-state index contributed by atoms with van der Waals surface area (Å²) in [5.41, 5.74) is 10.8. The van der Waals surface area contributed by atoms with Crippen LogP contribution in [0.4, 0.5) is 5.69 Å². The summed E-state index contributed by atoms with van der Waals surface area (Å²) < 4.78 is 5.17. The van der Waals surface area contributed by atoms with E-state index in [1.807, 2.05) is 32.9 Å². The summed E-state index contributed by atoms with van der Waals surface area (Å²) in [6.45, 7) is 5.95. The summed E-state index contributed by atoms with van der Waals surface area (Å²) in [5, 5.41) is 0. The first-order chi connectivity index (χ1) is 9.43. The highest BCUT2D eigenvalue weighted by Crippen LogP contribution is 2.26. The number of aryl methyl sites for hydroxylation is 3. The van der Waals surface area contributed by atoms with E-state index in [0.29, 0.717) is 17.0 Å². The number of nitrogen functional groups attached to an aromatic ring is 1. The van der Waals surface area contributed by atoms with Gasteiger partial charge in [-0.3, -0.25) is 4.79 Å². The molecule has 0 heterocycles. The maximum Gasteiger partial charge on any atom is 0.193 e. The predicted octanol–water partition coefficient (Wildman–Crippen LogP) is 3.43. The lowest BCUT2D eigenvalue weighted by Crippen LogP contribution is -2.07. The van der Waals surface area contributed by atoms with E-state index in [1.54, 1.807) is 25.3 Å². The van der Waals surface area contributed by atoms with Crippen molar-refractivity contribution in [2.45, 2.75) is 20.8 Å². The molecule has 0 bridgehead atoms. The van der Waals surface area contributed by atoms with Crippen LogP contribution in [0.25, 0.3) is 0 Å². The SMILES string of the molecule is COc1cc(C(=O)c2c(C)cc(C)cc2C)ccc1N. The number of ketones is 1. The molecule has 20 heavy (non-hydrogen) atoms. The Balaban J connectivity index is 2.52. The first-order valence-electron chi connectivity index (χ1n) is 6.50. The van der Waals surface area contributed by atoms with Gasteiger partial charge in [0.1, 0.15) is 5.75 Å². The number of hydrogen-bond donors (Lipinski definition) is 1. The molecule has 0 saturated carbocycles. The van der Waals surface area contributed by atoms with Crippen LogP contribution in [-0.4, -0.2) is 12.9 Å². The summed E-state index contributed by atoms with van der Waals surface area (Å²) in [7, 11) is 1.54. The highest BCUT2D eigenvalue weighted by atomic mass is 16.5. The molecule has 0 aromatic heterocycles. The second-order valence-electron chi connectivity index (χ2n) is 5.06. The van der Waals surface area contributed by atoms with Gasteiger partial charge in [0.2, 0.25) is 0 Å². The van der Waals surface area contributed by atoms with Gasteiger partial charge in [-0.1, -0.05) is 17.7 Å². The number of benzene rings is 2. The molecule has 0 saturated heterocycles. The summed E-state index contributed by atoms with van der Waals surface area (Å²) in [5.74, 6) is 0.525. The van der Waals surface area contributed by atoms with E-state index in [-0.39, 0.29) is 5.78 Å². The van der Waals surface area contributed by atoms with Crippen LogP contribution in [0.2, 0.25) is 0 Å². The second-order valence-corrected chi connectivity index (χ2v) is 5.06. The van der Waals surface area contributed by atoms with Crippen molar-refractivity contribution in [3.05, 3.63) is 58.1 Å². The van der Waals surface area contributed by atoms with Crippen molar-refractivity contribution < 1.29 is 9.53 Å². The van der Waals surface area contributed by atoms with Crippen molar-refractivity contribution >= 4 is 11.5 Å². The lowest BCUT2D eigenvalue weighted by Gasteiger charge is -2.12. The standard InChI is InChI=1S/C17H19NO2/c1-10-7-11(2)16(12(3)8-10)17(19)13-5-6-14(18)15(9-13)20-4/h5-9H,18H2,1-4H3. The molecule has 0 fully saturated rings. The zero-order chi connectivity index (χ0) is 14.9. The number of hydrogen-bond acceptors (Lipinski definition) is 3. The molecule has 2 aromatic carbocycles. The van der Waals surface area contributed by atoms with Gasteiger partial charge in [-0.2, -0.15) is 0 Å². The molecule has 3 nitrogen and oxygen atoms in total. The molecular formula is C17H19NO2. The molecule has 0 aliphatic heterocycles. The van der Waals surface area contributed by atoms with Crippen LogP contribution in [0, 0.1) is 20.8 Å². The van der Waals surface area contributed by atoms with E-state index in [9.17, 15) is 4.79 Å². The van der Waals surface area contributed by atoms with Gasteiger partial charge in [0.05, 0.1) is 12.8 Å². The third-order valence-electron chi connectivity index (χ3n) is 3.40. The monoisotopic (exact) mass is 269 g/mol. The quantitative estimate of drug-likeness (QED) is 0.686. The van der Waals surface area contributed by atoms with Crippen molar-refractivity contribution in [1.29, 1.82) is 0 Å². The Morgan fingerprint density at radius 3 is 2.20 bits per heavy atom. The van der Waals surface area contributed by atoms with Crippen LogP contribution in [0.15, 0.2) is 30.3 Å². The average molecular weight is 269 g/mol. The molecule has 2 N–H and O–H groups in total. The maximum atomic E-state index is 12.7. The lowest BCUT2D eigenvalue weighted by atomic mass is 9.93. The predicted molar refractivity (Wildman–Crippen MR) is 81.5 cm³/mol. The number of carbonyl (C=O) groups is 1. The Hall–Kier alpha value is -2.29. The van der Waals surface area contributed by atoms with E-state index in [0.717, 1.165) is 22.3 Å². The highest BCUT2D eigenvalue weighted by molar-refractivity contribution is 6.11. The topological polar surface area (TPSA) is 52.3 Å². The number of carbonyl (C=O) groups excluding carboxylic acids is 1. The fourth-order valence-corrected chi connectivity index (χ4v) is 2.53.